The highest BCUT2D eigenvalue weighted by Crippen LogP contribution is 2.20. The van der Waals surface area contributed by atoms with E-state index < -0.39 is 28.3 Å². The highest BCUT2D eigenvalue weighted by atomic mass is 32.2. The van der Waals surface area contributed by atoms with Gasteiger partial charge in [-0.15, -0.1) is 0 Å². The van der Waals surface area contributed by atoms with E-state index in [1.165, 1.54) is 18.2 Å². The van der Waals surface area contributed by atoms with Gasteiger partial charge in [-0.25, -0.2) is 12.8 Å². The van der Waals surface area contributed by atoms with E-state index in [2.05, 4.69) is 5.32 Å². The van der Waals surface area contributed by atoms with Crippen molar-refractivity contribution >= 4 is 27.5 Å². The summed E-state index contributed by atoms with van der Waals surface area (Å²) in [5, 5.41) is 2.65. The van der Waals surface area contributed by atoms with Crippen LogP contribution in [0.5, 0.6) is 0 Å². The Morgan fingerprint density at radius 3 is 2.35 bits per heavy atom. The molecule has 1 aliphatic heterocycles. The molecule has 1 fully saturated rings. The number of likely N-dealkylation sites (tertiary alicyclic amines) is 1. The molecule has 0 spiro atoms. The summed E-state index contributed by atoms with van der Waals surface area (Å²) in [6.07, 6.45) is 3.94. The van der Waals surface area contributed by atoms with Crippen LogP contribution in [0, 0.1) is 5.82 Å². The van der Waals surface area contributed by atoms with Crippen molar-refractivity contribution in [3.63, 3.8) is 0 Å². The minimum Gasteiger partial charge on any atom is -0.339 e. The van der Waals surface area contributed by atoms with Gasteiger partial charge in [-0.1, -0.05) is 30.3 Å². The molecule has 3 rings (SSSR count). The minimum absolute atomic E-state index is 0.165. The Labute approximate surface area is 181 Å². The van der Waals surface area contributed by atoms with Gasteiger partial charge in [0, 0.05) is 25.2 Å². The van der Waals surface area contributed by atoms with Crippen molar-refractivity contribution in [3.05, 3.63) is 65.5 Å². The number of halogens is 1. The summed E-state index contributed by atoms with van der Waals surface area (Å²) in [5.74, 6) is -1.32. The second kappa shape index (κ2) is 10.0. The van der Waals surface area contributed by atoms with Crippen LogP contribution in [-0.4, -0.2) is 55.3 Å². The molecule has 0 unspecified atom stereocenters. The predicted octanol–water partition coefficient (Wildman–Crippen LogP) is 2.85. The molecule has 0 atom stereocenters. The number of nitrogens with zero attached hydrogens (tertiary/aromatic N) is 2. The molecule has 2 aromatic carbocycles. The second-order valence-corrected chi connectivity index (χ2v) is 9.55. The molecule has 1 heterocycles. The van der Waals surface area contributed by atoms with Gasteiger partial charge in [0.25, 0.3) is 5.91 Å². The molecule has 1 aliphatic rings. The fourth-order valence-corrected chi connectivity index (χ4v) is 4.23. The van der Waals surface area contributed by atoms with Gasteiger partial charge in [0.05, 0.1) is 24.1 Å². The summed E-state index contributed by atoms with van der Waals surface area (Å²) in [5.41, 5.74) is 0.849. The second-order valence-electron chi connectivity index (χ2n) is 7.57. The third kappa shape index (κ3) is 6.11. The molecule has 0 bridgehead atoms. The van der Waals surface area contributed by atoms with E-state index in [1.807, 2.05) is 0 Å². The monoisotopic (exact) mass is 447 g/mol. The summed E-state index contributed by atoms with van der Waals surface area (Å²) in [6.45, 7) is 0.573. The lowest BCUT2D eigenvalue weighted by Crippen LogP contribution is -2.38. The van der Waals surface area contributed by atoms with Crippen LogP contribution < -0.4 is 5.32 Å². The number of hydrogen-bond acceptors (Lipinski definition) is 4. The quantitative estimate of drug-likeness (QED) is 0.707. The van der Waals surface area contributed by atoms with Gasteiger partial charge in [0.1, 0.15) is 5.82 Å². The Morgan fingerprint density at radius 1 is 1.03 bits per heavy atom. The highest BCUT2D eigenvalue weighted by molar-refractivity contribution is 7.88. The normalized spacial score (nSPS) is 14.5. The van der Waals surface area contributed by atoms with Crippen LogP contribution in [0.2, 0.25) is 0 Å². The number of amides is 2. The topological polar surface area (TPSA) is 86.8 Å². The van der Waals surface area contributed by atoms with E-state index in [4.69, 9.17) is 0 Å². The number of para-hydroxylation sites is 1. The molecule has 0 aliphatic carbocycles. The molecular formula is C22H26FN3O4S. The standard InChI is InChI=1S/C22H26FN3O4S/c1-31(29,30)26(15-17-9-3-5-11-19(17)23)16-21(27)24-20-12-6-4-10-18(20)22(28)25-13-7-2-8-14-25/h3-6,9-12H,2,7-8,13-16H2,1H3,(H,24,27). The Hall–Kier alpha value is -2.78. The Kier molecular flexibility index (Phi) is 7.40. The van der Waals surface area contributed by atoms with Crippen molar-refractivity contribution in [2.45, 2.75) is 25.8 Å². The third-order valence-electron chi connectivity index (χ3n) is 5.17. The number of anilines is 1. The van der Waals surface area contributed by atoms with Crippen molar-refractivity contribution < 1.29 is 22.4 Å². The average molecular weight is 448 g/mol. The molecular weight excluding hydrogens is 421 g/mol. The number of carbonyl (C=O) groups is 2. The number of rotatable bonds is 7. The fourth-order valence-electron chi connectivity index (χ4n) is 3.50. The first-order chi connectivity index (χ1) is 14.8. The number of benzene rings is 2. The molecule has 166 valence electrons. The lowest BCUT2D eigenvalue weighted by molar-refractivity contribution is -0.116. The van der Waals surface area contributed by atoms with Gasteiger partial charge in [0.15, 0.2) is 0 Å². The highest BCUT2D eigenvalue weighted by Gasteiger charge is 2.24. The molecule has 31 heavy (non-hydrogen) atoms. The van der Waals surface area contributed by atoms with Gasteiger partial charge >= 0.3 is 0 Å². The van der Waals surface area contributed by atoms with E-state index in [-0.39, 0.29) is 18.0 Å². The fraction of sp³-hybridized carbons (Fsp3) is 0.364. The maximum absolute atomic E-state index is 14.0. The van der Waals surface area contributed by atoms with Crippen LogP contribution in [0.4, 0.5) is 10.1 Å². The summed E-state index contributed by atoms with van der Waals surface area (Å²) in [7, 11) is -3.78. The van der Waals surface area contributed by atoms with Crippen LogP contribution in [0.25, 0.3) is 0 Å². The lowest BCUT2D eigenvalue weighted by Gasteiger charge is -2.27. The average Bonchev–Trinajstić information content (AvgIpc) is 2.74. The zero-order valence-electron chi connectivity index (χ0n) is 17.4. The van der Waals surface area contributed by atoms with E-state index in [9.17, 15) is 22.4 Å². The number of hydrogen-bond donors (Lipinski definition) is 1. The first kappa shape index (κ1) is 22.9. The Bertz CT molecular complexity index is 1050. The molecule has 1 N–H and O–H groups in total. The number of piperidine rings is 1. The maximum Gasteiger partial charge on any atom is 0.255 e. The first-order valence-electron chi connectivity index (χ1n) is 10.1. The molecule has 2 amide bonds. The molecule has 0 aromatic heterocycles. The minimum atomic E-state index is -3.78. The van der Waals surface area contributed by atoms with Gasteiger partial charge < -0.3 is 10.2 Å². The van der Waals surface area contributed by atoms with Gasteiger partial charge in [-0.2, -0.15) is 4.31 Å². The summed E-state index contributed by atoms with van der Waals surface area (Å²) in [4.78, 5) is 27.3. The molecule has 0 saturated carbocycles. The largest absolute Gasteiger partial charge is 0.339 e. The SMILES string of the molecule is CS(=O)(=O)N(CC(=O)Nc1ccccc1C(=O)N1CCCCC1)Cc1ccccc1F. The Balaban J connectivity index is 1.74. The zero-order chi connectivity index (χ0) is 22.4. The first-order valence-corrected chi connectivity index (χ1v) is 12.0. The summed E-state index contributed by atoms with van der Waals surface area (Å²) < 4.78 is 39.2. The van der Waals surface area contributed by atoms with Crippen LogP contribution >= 0.6 is 0 Å². The van der Waals surface area contributed by atoms with Crippen molar-refractivity contribution in [1.82, 2.24) is 9.21 Å². The van der Waals surface area contributed by atoms with Crippen LogP contribution in [0.15, 0.2) is 48.5 Å². The maximum atomic E-state index is 14.0. The van der Waals surface area contributed by atoms with E-state index in [0.29, 0.717) is 24.3 Å². The smallest absolute Gasteiger partial charge is 0.255 e. The summed E-state index contributed by atoms with van der Waals surface area (Å²) in [6, 6.07) is 12.5. The van der Waals surface area contributed by atoms with Crippen molar-refractivity contribution in [1.29, 1.82) is 0 Å². The molecule has 0 radical (unpaired) electrons. The van der Waals surface area contributed by atoms with Crippen molar-refractivity contribution in [3.8, 4) is 0 Å². The van der Waals surface area contributed by atoms with Crippen LogP contribution in [0.3, 0.4) is 0 Å². The molecule has 2 aromatic rings. The predicted molar refractivity (Wildman–Crippen MR) is 116 cm³/mol. The summed E-state index contributed by atoms with van der Waals surface area (Å²) >= 11 is 0. The molecule has 9 heteroatoms. The van der Waals surface area contributed by atoms with Crippen LogP contribution in [0.1, 0.15) is 35.2 Å². The number of nitrogens with one attached hydrogen (secondary N) is 1. The third-order valence-corrected chi connectivity index (χ3v) is 6.36. The number of carbonyl (C=O) groups excluding carboxylic acids is 2. The number of sulfonamides is 1. The van der Waals surface area contributed by atoms with Gasteiger partial charge in [-0.05, 0) is 37.5 Å². The lowest BCUT2D eigenvalue weighted by atomic mass is 10.1. The van der Waals surface area contributed by atoms with Crippen molar-refractivity contribution in [2.24, 2.45) is 0 Å². The van der Waals surface area contributed by atoms with Gasteiger partial charge in [-0.3, -0.25) is 9.59 Å². The molecule has 1 saturated heterocycles. The van der Waals surface area contributed by atoms with Crippen molar-refractivity contribution in [2.75, 3.05) is 31.2 Å². The van der Waals surface area contributed by atoms with Gasteiger partial charge in [0.2, 0.25) is 15.9 Å². The van der Waals surface area contributed by atoms with E-state index >= 15 is 0 Å². The van der Waals surface area contributed by atoms with E-state index in [0.717, 1.165) is 29.8 Å². The molecule has 7 nitrogen and oxygen atoms in total. The van der Waals surface area contributed by atoms with E-state index in [1.54, 1.807) is 35.2 Å². The Morgan fingerprint density at radius 2 is 1.68 bits per heavy atom. The van der Waals surface area contributed by atoms with Crippen LogP contribution in [-0.2, 0) is 21.4 Å². The zero-order valence-corrected chi connectivity index (χ0v) is 18.2.